The zero-order valence-corrected chi connectivity index (χ0v) is 9.52. The van der Waals surface area contributed by atoms with E-state index in [0.29, 0.717) is 0 Å². The average Bonchev–Trinajstić information content (AvgIpc) is 2.20. The van der Waals surface area contributed by atoms with Gasteiger partial charge >= 0.3 is 0 Å². The predicted molar refractivity (Wildman–Crippen MR) is 60.3 cm³/mol. The lowest BCUT2D eigenvalue weighted by atomic mass is 9.65. The first kappa shape index (κ1) is 11.5. The summed E-state index contributed by atoms with van der Waals surface area (Å²) in [5, 5.41) is 3.19. The summed E-state index contributed by atoms with van der Waals surface area (Å²) in [6.45, 7) is 0.950. The Morgan fingerprint density at radius 1 is 1.25 bits per heavy atom. The highest BCUT2D eigenvalue weighted by molar-refractivity contribution is 5.20. The zero-order valence-electron chi connectivity index (χ0n) is 9.52. The Morgan fingerprint density at radius 2 is 2.00 bits per heavy atom. The second-order valence-electron chi connectivity index (χ2n) is 4.81. The molecule has 1 aromatic rings. The number of halogens is 2. The molecular formula is C13H17F2N. The normalized spacial score (nSPS) is 18.2. The lowest BCUT2D eigenvalue weighted by Crippen LogP contribution is -2.40. The molecule has 0 spiro atoms. The van der Waals surface area contributed by atoms with Gasteiger partial charge in [0.1, 0.15) is 0 Å². The van der Waals surface area contributed by atoms with Gasteiger partial charge in [0.2, 0.25) is 0 Å². The quantitative estimate of drug-likeness (QED) is 0.830. The van der Waals surface area contributed by atoms with Gasteiger partial charge in [-0.15, -0.1) is 0 Å². The second-order valence-corrected chi connectivity index (χ2v) is 4.81. The predicted octanol–water partition coefficient (Wildman–Crippen LogP) is 2.90. The minimum Gasteiger partial charge on any atom is -0.319 e. The van der Waals surface area contributed by atoms with Crippen molar-refractivity contribution in [3.8, 4) is 0 Å². The van der Waals surface area contributed by atoms with Crippen LogP contribution >= 0.6 is 0 Å². The highest BCUT2D eigenvalue weighted by Crippen LogP contribution is 2.43. The molecule has 88 valence electrons. The van der Waals surface area contributed by atoms with Crippen LogP contribution in [0.2, 0.25) is 0 Å². The fourth-order valence-corrected chi connectivity index (χ4v) is 2.55. The Kier molecular flexibility index (Phi) is 3.24. The lowest BCUT2D eigenvalue weighted by molar-refractivity contribution is 0.133. The first-order valence-electron chi connectivity index (χ1n) is 5.74. The molecule has 0 heterocycles. The molecule has 1 aromatic carbocycles. The maximum absolute atomic E-state index is 13.1. The Morgan fingerprint density at radius 3 is 2.50 bits per heavy atom. The third-order valence-electron chi connectivity index (χ3n) is 3.53. The van der Waals surface area contributed by atoms with Crippen molar-refractivity contribution >= 4 is 0 Å². The van der Waals surface area contributed by atoms with E-state index in [1.54, 1.807) is 6.07 Å². The van der Waals surface area contributed by atoms with Gasteiger partial charge in [-0.3, -0.25) is 0 Å². The molecule has 0 aromatic heterocycles. The van der Waals surface area contributed by atoms with Crippen LogP contribution in [0.3, 0.4) is 0 Å². The van der Waals surface area contributed by atoms with Crippen molar-refractivity contribution in [3.63, 3.8) is 0 Å². The molecule has 0 saturated heterocycles. The molecule has 0 atom stereocenters. The smallest absolute Gasteiger partial charge is 0.159 e. The molecule has 3 heteroatoms. The highest BCUT2D eigenvalue weighted by atomic mass is 19.2. The third kappa shape index (κ3) is 2.24. The van der Waals surface area contributed by atoms with Gasteiger partial charge in [-0.1, -0.05) is 12.5 Å². The summed E-state index contributed by atoms with van der Waals surface area (Å²) in [7, 11) is 1.94. The Hall–Kier alpha value is -0.960. The first-order chi connectivity index (χ1) is 7.65. The third-order valence-corrected chi connectivity index (χ3v) is 3.53. The largest absolute Gasteiger partial charge is 0.319 e. The number of benzene rings is 1. The molecule has 1 nitrogen and oxygen atoms in total. The standard InChI is InChI=1S/C13H17F2N/c1-16-9-13(5-2-6-13)8-10-3-4-11(14)12(15)7-10/h3-4,7,16H,2,5-6,8-9H2,1H3. The molecule has 1 N–H and O–H groups in total. The van der Waals surface area contributed by atoms with E-state index in [2.05, 4.69) is 5.32 Å². The molecule has 0 amide bonds. The molecule has 0 radical (unpaired) electrons. The van der Waals surface area contributed by atoms with Crippen molar-refractivity contribution < 1.29 is 8.78 Å². The molecule has 0 bridgehead atoms. The van der Waals surface area contributed by atoms with E-state index in [1.165, 1.54) is 31.4 Å². The summed E-state index contributed by atoms with van der Waals surface area (Å²) < 4.78 is 25.9. The number of hydrogen-bond donors (Lipinski definition) is 1. The summed E-state index contributed by atoms with van der Waals surface area (Å²) in [5.41, 5.74) is 1.16. The van der Waals surface area contributed by atoms with E-state index in [9.17, 15) is 8.78 Å². The van der Waals surface area contributed by atoms with Crippen LogP contribution < -0.4 is 5.32 Å². The van der Waals surface area contributed by atoms with Crippen LogP contribution in [0.15, 0.2) is 18.2 Å². The van der Waals surface area contributed by atoms with E-state index in [0.717, 1.165) is 18.5 Å². The molecule has 2 rings (SSSR count). The van der Waals surface area contributed by atoms with Gasteiger partial charge in [0, 0.05) is 6.54 Å². The molecular weight excluding hydrogens is 208 g/mol. The molecule has 0 unspecified atom stereocenters. The number of hydrogen-bond acceptors (Lipinski definition) is 1. The van der Waals surface area contributed by atoms with E-state index in [1.807, 2.05) is 7.05 Å². The fourth-order valence-electron chi connectivity index (χ4n) is 2.55. The second kappa shape index (κ2) is 4.50. The number of nitrogens with one attached hydrogen (secondary N) is 1. The Balaban J connectivity index is 2.10. The van der Waals surface area contributed by atoms with Crippen LogP contribution in [-0.4, -0.2) is 13.6 Å². The molecule has 1 aliphatic rings. The van der Waals surface area contributed by atoms with Crippen molar-refractivity contribution in [1.29, 1.82) is 0 Å². The summed E-state index contributed by atoms with van der Waals surface area (Å²) in [6.07, 6.45) is 4.43. The van der Waals surface area contributed by atoms with E-state index in [-0.39, 0.29) is 5.41 Å². The lowest BCUT2D eigenvalue weighted by Gasteiger charge is -2.42. The summed E-state index contributed by atoms with van der Waals surface area (Å²) in [5.74, 6) is -1.50. The van der Waals surface area contributed by atoms with Crippen LogP contribution in [-0.2, 0) is 6.42 Å². The topological polar surface area (TPSA) is 12.0 Å². The van der Waals surface area contributed by atoms with Crippen LogP contribution in [0.1, 0.15) is 24.8 Å². The first-order valence-corrected chi connectivity index (χ1v) is 5.74. The van der Waals surface area contributed by atoms with Gasteiger partial charge < -0.3 is 5.32 Å². The maximum Gasteiger partial charge on any atom is 0.159 e. The van der Waals surface area contributed by atoms with Gasteiger partial charge in [-0.2, -0.15) is 0 Å². The SMILES string of the molecule is CNCC1(Cc2ccc(F)c(F)c2)CCC1. The van der Waals surface area contributed by atoms with E-state index in [4.69, 9.17) is 0 Å². The van der Waals surface area contributed by atoms with Crippen LogP contribution in [0, 0.1) is 17.0 Å². The summed E-state index contributed by atoms with van der Waals surface area (Å²) in [6, 6.07) is 4.23. The zero-order chi connectivity index (χ0) is 11.6. The molecule has 1 fully saturated rings. The Labute approximate surface area is 94.9 Å². The average molecular weight is 225 g/mol. The Bertz CT molecular complexity index is 372. The van der Waals surface area contributed by atoms with Crippen molar-refractivity contribution in [2.75, 3.05) is 13.6 Å². The summed E-state index contributed by atoms with van der Waals surface area (Å²) in [4.78, 5) is 0. The van der Waals surface area contributed by atoms with Crippen molar-refractivity contribution in [1.82, 2.24) is 5.32 Å². The maximum atomic E-state index is 13.1. The van der Waals surface area contributed by atoms with Gasteiger partial charge in [0.05, 0.1) is 0 Å². The molecule has 16 heavy (non-hydrogen) atoms. The highest BCUT2D eigenvalue weighted by Gasteiger charge is 2.36. The molecule has 1 aliphatic carbocycles. The van der Waals surface area contributed by atoms with Crippen molar-refractivity contribution in [2.45, 2.75) is 25.7 Å². The van der Waals surface area contributed by atoms with Gasteiger partial charge in [-0.05, 0) is 49.4 Å². The van der Waals surface area contributed by atoms with Crippen LogP contribution in [0.5, 0.6) is 0 Å². The van der Waals surface area contributed by atoms with E-state index < -0.39 is 11.6 Å². The monoisotopic (exact) mass is 225 g/mol. The van der Waals surface area contributed by atoms with Gasteiger partial charge in [0.25, 0.3) is 0 Å². The summed E-state index contributed by atoms with van der Waals surface area (Å²) >= 11 is 0. The minimum atomic E-state index is -0.764. The molecule has 0 aliphatic heterocycles. The van der Waals surface area contributed by atoms with E-state index >= 15 is 0 Å². The van der Waals surface area contributed by atoms with Crippen molar-refractivity contribution in [3.05, 3.63) is 35.4 Å². The van der Waals surface area contributed by atoms with Crippen LogP contribution in [0.25, 0.3) is 0 Å². The van der Waals surface area contributed by atoms with Crippen LogP contribution in [0.4, 0.5) is 8.78 Å². The minimum absolute atomic E-state index is 0.263. The molecule has 1 saturated carbocycles. The fraction of sp³-hybridized carbons (Fsp3) is 0.538. The van der Waals surface area contributed by atoms with Gasteiger partial charge in [-0.25, -0.2) is 8.78 Å². The van der Waals surface area contributed by atoms with Gasteiger partial charge in [0.15, 0.2) is 11.6 Å². The number of rotatable bonds is 4. The van der Waals surface area contributed by atoms with Crippen molar-refractivity contribution in [2.24, 2.45) is 5.41 Å².